The average molecular weight is 483 g/mol. The molecule has 0 spiro atoms. The molecule has 0 unspecified atom stereocenters. The number of nitrogens with zero attached hydrogens (tertiary/aromatic N) is 1. The zero-order chi connectivity index (χ0) is 22.0. The van der Waals surface area contributed by atoms with Crippen molar-refractivity contribution in [3.8, 4) is 5.75 Å². The molecule has 31 heavy (non-hydrogen) atoms. The smallest absolute Gasteiger partial charge is 0.255 e. The molecular weight excluding hydrogens is 460 g/mol. The molecule has 4 rings (SSSR count). The van der Waals surface area contributed by atoms with Crippen molar-refractivity contribution in [2.24, 2.45) is 0 Å². The van der Waals surface area contributed by atoms with Crippen LogP contribution in [0, 0.1) is 0 Å². The molecule has 10 heteroatoms. The third-order valence-electron chi connectivity index (χ3n) is 5.34. The highest BCUT2D eigenvalue weighted by Gasteiger charge is 2.29. The number of thioether (sulfide) groups is 1. The fourth-order valence-electron chi connectivity index (χ4n) is 3.71. The van der Waals surface area contributed by atoms with Gasteiger partial charge in [-0.15, -0.1) is 11.8 Å². The Labute approximate surface area is 191 Å². The van der Waals surface area contributed by atoms with Gasteiger partial charge in [-0.1, -0.05) is 11.6 Å². The summed E-state index contributed by atoms with van der Waals surface area (Å²) in [5.41, 5.74) is 1.15. The van der Waals surface area contributed by atoms with Gasteiger partial charge in [0.15, 0.2) is 0 Å². The first-order chi connectivity index (χ1) is 14.9. The number of ether oxygens (including phenoxy) is 2. The summed E-state index contributed by atoms with van der Waals surface area (Å²) in [6.45, 7) is 1.27. The lowest BCUT2D eigenvalue weighted by molar-refractivity contribution is 0.0730. The number of hydrogen-bond donors (Lipinski definition) is 1. The van der Waals surface area contributed by atoms with Crippen LogP contribution < -0.4 is 10.1 Å². The van der Waals surface area contributed by atoms with E-state index < -0.39 is 15.9 Å². The fraction of sp³-hybridized carbons (Fsp3) is 0.381. The third-order valence-corrected chi connectivity index (χ3v) is 8.59. The van der Waals surface area contributed by atoms with Gasteiger partial charge < -0.3 is 14.8 Å². The zero-order valence-corrected chi connectivity index (χ0v) is 19.4. The van der Waals surface area contributed by atoms with E-state index in [4.69, 9.17) is 21.1 Å². The highest BCUT2D eigenvalue weighted by Crippen LogP contribution is 2.38. The average Bonchev–Trinajstić information content (AvgIpc) is 2.79. The second kappa shape index (κ2) is 9.38. The lowest BCUT2D eigenvalue weighted by atomic mass is 10.0. The topological polar surface area (TPSA) is 84.9 Å². The van der Waals surface area contributed by atoms with Crippen LogP contribution in [0.3, 0.4) is 0 Å². The monoisotopic (exact) mass is 482 g/mol. The first-order valence-electron chi connectivity index (χ1n) is 9.89. The molecule has 1 fully saturated rings. The first kappa shape index (κ1) is 22.4. The van der Waals surface area contributed by atoms with Crippen molar-refractivity contribution in [1.29, 1.82) is 0 Å². The number of morpholine rings is 1. The summed E-state index contributed by atoms with van der Waals surface area (Å²) >= 11 is 7.89. The number of halogens is 1. The molecule has 1 amide bonds. The molecule has 2 aliphatic rings. The number of carbonyl (C=O) groups is 1. The molecule has 0 bridgehead atoms. The molecule has 1 saturated heterocycles. The number of amides is 1. The van der Waals surface area contributed by atoms with Crippen LogP contribution in [0.1, 0.15) is 28.4 Å². The zero-order valence-electron chi connectivity index (χ0n) is 17.0. The molecule has 0 aromatic heterocycles. The van der Waals surface area contributed by atoms with Crippen molar-refractivity contribution in [3.63, 3.8) is 0 Å². The van der Waals surface area contributed by atoms with E-state index in [9.17, 15) is 13.2 Å². The van der Waals surface area contributed by atoms with Gasteiger partial charge in [-0.05, 0) is 48.4 Å². The molecule has 0 saturated carbocycles. The van der Waals surface area contributed by atoms with Crippen LogP contribution in [0.4, 0.5) is 0 Å². The third kappa shape index (κ3) is 4.70. The van der Waals surface area contributed by atoms with E-state index in [-0.39, 0.29) is 29.6 Å². The van der Waals surface area contributed by atoms with Crippen LogP contribution in [0.5, 0.6) is 5.75 Å². The lowest BCUT2D eigenvalue weighted by Crippen LogP contribution is -2.40. The molecule has 0 aliphatic carbocycles. The summed E-state index contributed by atoms with van der Waals surface area (Å²) in [7, 11) is -2.28. The number of hydrogen-bond acceptors (Lipinski definition) is 6. The Morgan fingerprint density at radius 3 is 2.74 bits per heavy atom. The number of benzene rings is 2. The molecule has 0 radical (unpaired) electrons. The minimum absolute atomic E-state index is 0.0583. The highest BCUT2D eigenvalue weighted by atomic mass is 35.5. The second-order valence-electron chi connectivity index (χ2n) is 7.22. The van der Waals surface area contributed by atoms with Gasteiger partial charge in [0.25, 0.3) is 5.91 Å². The number of rotatable bonds is 5. The van der Waals surface area contributed by atoms with Crippen molar-refractivity contribution >= 4 is 39.3 Å². The van der Waals surface area contributed by atoms with Crippen LogP contribution in [-0.2, 0) is 14.8 Å². The van der Waals surface area contributed by atoms with Crippen LogP contribution in [0.15, 0.2) is 46.2 Å². The normalized spacial score (nSPS) is 19.5. The summed E-state index contributed by atoms with van der Waals surface area (Å²) in [4.78, 5) is 14.3. The van der Waals surface area contributed by atoms with E-state index in [2.05, 4.69) is 5.32 Å². The Hall–Kier alpha value is -1.78. The van der Waals surface area contributed by atoms with E-state index in [1.54, 1.807) is 11.8 Å². The minimum Gasteiger partial charge on any atom is -0.496 e. The van der Waals surface area contributed by atoms with E-state index in [0.29, 0.717) is 24.0 Å². The number of fused-ring (bicyclic) bond motifs is 1. The van der Waals surface area contributed by atoms with Gasteiger partial charge in [0.1, 0.15) is 5.75 Å². The fourth-order valence-corrected chi connectivity index (χ4v) is 6.43. The number of methoxy groups -OCH3 is 1. The van der Waals surface area contributed by atoms with Crippen molar-refractivity contribution in [2.75, 3.05) is 39.2 Å². The van der Waals surface area contributed by atoms with Gasteiger partial charge in [0.2, 0.25) is 10.0 Å². The summed E-state index contributed by atoms with van der Waals surface area (Å²) in [6.07, 6.45) is 0.748. The van der Waals surface area contributed by atoms with Crippen LogP contribution >= 0.6 is 23.4 Å². The Balaban J connectivity index is 1.63. The first-order valence-corrected chi connectivity index (χ1v) is 12.7. The maximum atomic E-state index is 13.2. The van der Waals surface area contributed by atoms with Gasteiger partial charge in [-0.3, -0.25) is 4.79 Å². The largest absolute Gasteiger partial charge is 0.496 e. The molecular formula is C21H23ClN2O5S2. The van der Waals surface area contributed by atoms with Crippen LogP contribution in [0.2, 0.25) is 5.02 Å². The SMILES string of the molecule is COc1ccc(S(=O)(=O)N2CCOCC2)cc1C(=O)N[C@@H]1CCSc2ccc(Cl)cc21. The Kier molecular flexibility index (Phi) is 6.78. The van der Waals surface area contributed by atoms with Crippen molar-refractivity contribution in [3.05, 3.63) is 52.5 Å². The van der Waals surface area contributed by atoms with Crippen LogP contribution in [0.25, 0.3) is 0 Å². The molecule has 7 nitrogen and oxygen atoms in total. The summed E-state index contributed by atoms with van der Waals surface area (Å²) in [5, 5.41) is 3.64. The molecule has 2 aromatic carbocycles. The number of nitrogens with one attached hydrogen (secondary N) is 1. The molecule has 166 valence electrons. The maximum Gasteiger partial charge on any atom is 0.255 e. The van der Waals surface area contributed by atoms with Crippen molar-refractivity contribution in [2.45, 2.75) is 22.3 Å². The Bertz CT molecular complexity index is 1090. The quantitative estimate of drug-likeness (QED) is 0.703. The van der Waals surface area contributed by atoms with E-state index in [1.165, 1.54) is 29.6 Å². The molecule has 2 heterocycles. The predicted octanol–water partition coefficient (Wildman–Crippen LogP) is 3.34. The Morgan fingerprint density at radius 2 is 2.00 bits per heavy atom. The summed E-state index contributed by atoms with van der Waals surface area (Å²) in [5.74, 6) is 0.788. The van der Waals surface area contributed by atoms with Gasteiger partial charge in [-0.2, -0.15) is 4.31 Å². The van der Waals surface area contributed by atoms with E-state index in [1.807, 2.05) is 18.2 Å². The van der Waals surface area contributed by atoms with Gasteiger partial charge >= 0.3 is 0 Å². The molecule has 1 N–H and O–H groups in total. The maximum absolute atomic E-state index is 13.2. The van der Waals surface area contributed by atoms with E-state index in [0.717, 1.165) is 22.6 Å². The standard InChI is InChI=1S/C21H23ClN2O5S2/c1-28-19-4-3-15(31(26,27)24-7-9-29-10-8-24)13-17(19)21(25)23-18-6-11-30-20-5-2-14(22)12-16(18)20/h2-5,12-13,18H,6-11H2,1H3,(H,23,25)/t18-/m1/s1. The molecule has 2 aromatic rings. The van der Waals surface area contributed by atoms with Gasteiger partial charge in [0.05, 0.1) is 36.8 Å². The van der Waals surface area contributed by atoms with Crippen molar-refractivity contribution in [1.82, 2.24) is 9.62 Å². The van der Waals surface area contributed by atoms with E-state index >= 15 is 0 Å². The highest BCUT2D eigenvalue weighted by molar-refractivity contribution is 7.99. The lowest BCUT2D eigenvalue weighted by Gasteiger charge is -2.27. The summed E-state index contributed by atoms with van der Waals surface area (Å²) < 4.78 is 38.0. The predicted molar refractivity (Wildman–Crippen MR) is 120 cm³/mol. The summed E-state index contributed by atoms with van der Waals surface area (Å²) in [6, 6.07) is 9.81. The number of carbonyl (C=O) groups excluding carboxylic acids is 1. The van der Waals surface area contributed by atoms with Gasteiger partial charge in [-0.25, -0.2) is 8.42 Å². The van der Waals surface area contributed by atoms with Crippen LogP contribution in [-0.4, -0.2) is 57.8 Å². The minimum atomic E-state index is -3.73. The second-order valence-corrected chi connectivity index (χ2v) is 10.7. The number of sulfonamides is 1. The molecule has 2 aliphatic heterocycles. The van der Waals surface area contributed by atoms with Gasteiger partial charge in [0, 0.05) is 28.8 Å². The molecule has 1 atom stereocenters. The Morgan fingerprint density at radius 1 is 1.23 bits per heavy atom. The van der Waals surface area contributed by atoms with Crippen molar-refractivity contribution < 1.29 is 22.7 Å².